The number of halogens is 1. The summed E-state index contributed by atoms with van der Waals surface area (Å²) in [7, 11) is 0.141. The second-order valence-electron chi connectivity index (χ2n) is 8.76. The Morgan fingerprint density at radius 3 is 2.43 bits per heavy atom. The van der Waals surface area contributed by atoms with E-state index in [9.17, 15) is 12.8 Å². The number of aromatic nitrogens is 4. The van der Waals surface area contributed by atoms with Crippen molar-refractivity contribution in [2.24, 2.45) is 7.05 Å². The molecule has 3 aromatic rings. The lowest BCUT2D eigenvalue weighted by molar-refractivity contribution is 0.154. The van der Waals surface area contributed by atoms with Crippen molar-refractivity contribution in [2.45, 2.75) is 24.1 Å². The Bertz CT molecular complexity index is 1350. The number of benzene rings is 1. The van der Waals surface area contributed by atoms with Gasteiger partial charge >= 0.3 is 0 Å². The minimum atomic E-state index is -3.67. The van der Waals surface area contributed by atoms with Crippen LogP contribution in [-0.4, -0.2) is 76.3 Å². The molecule has 0 bridgehead atoms. The van der Waals surface area contributed by atoms with Gasteiger partial charge in [-0.3, -0.25) is 4.90 Å². The van der Waals surface area contributed by atoms with E-state index in [0.29, 0.717) is 30.0 Å². The number of anilines is 2. The van der Waals surface area contributed by atoms with Gasteiger partial charge in [0.15, 0.2) is 15.7 Å². The predicted octanol–water partition coefficient (Wildman–Crippen LogP) is 2.91. The first-order valence-corrected chi connectivity index (χ1v) is 12.8. The van der Waals surface area contributed by atoms with Crippen LogP contribution in [-0.2, 0) is 16.9 Å². The summed E-state index contributed by atoms with van der Waals surface area (Å²) in [6, 6.07) is 4.96. The summed E-state index contributed by atoms with van der Waals surface area (Å²) < 4.78 is 43.2. The number of hydrogen-bond acceptors (Lipinski definition) is 8. The van der Waals surface area contributed by atoms with Gasteiger partial charge in [-0.2, -0.15) is 0 Å². The lowest BCUT2D eigenvalue weighted by Gasteiger charge is -2.36. The van der Waals surface area contributed by atoms with Gasteiger partial charge < -0.3 is 14.8 Å². The van der Waals surface area contributed by atoms with E-state index in [1.165, 1.54) is 6.08 Å². The van der Waals surface area contributed by atoms with E-state index in [0.717, 1.165) is 25.1 Å². The number of nitrogens with zero attached hydrogens (tertiary/aromatic N) is 6. The standard InChI is InChI=1S/C24H30FN7O2S/c1-6-22(32-11-9-30(4)10-12-32)35(33,34)21-8-7-18(13-16(21)2)28-24-27-14-19(25)23(29-24)20-15-26-17(3)31(20)5/h6-8,13-15,22H,1,9-12H2,2-5H3,(H,27,28,29). The molecule has 0 spiro atoms. The summed E-state index contributed by atoms with van der Waals surface area (Å²) in [6.45, 7) is 10.3. The molecule has 186 valence electrons. The zero-order valence-corrected chi connectivity index (χ0v) is 21.2. The van der Waals surface area contributed by atoms with Crippen LogP contribution in [0.5, 0.6) is 0 Å². The molecule has 0 amide bonds. The van der Waals surface area contributed by atoms with Crippen LogP contribution < -0.4 is 5.32 Å². The maximum atomic E-state index is 14.4. The van der Waals surface area contributed by atoms with Crippen molar-refractivity contribution < 1.29 is 12.8 Å². The monoisotopic (exact) mass is 499 g/mol. The van der Waals surface area contributed by atoms with Crippen molar-refractivity contribution in [1.29, 1.82) is 0 Å². The van der Waals surface area contributed by atoms with Crippen LogP contribution in [0.1, 0.15) is 11.4 Å². The van der Waals surface area contributed by atoms with Crippen LogP contribution in [0.3, 0.4) is 0 Å². The molecule has 11 heteroatoms. The molecule has 3 heterocycles. The Morgan fingerprint density at radius 1 is 1.11 bits per heavy atom. The first-order chi connectivity index (χ1) is 16.6. The summed E-state index contributed by atoms with van der Waals surface area (Å²) in [5.41, 5.74) is 1.83. The van der Waals surface area contributed by atoms with Crippen LogP contribution in [0.4, 0.5) is 16.0 Å². The normalized spacial score (nSPS) is 16.3. The molecule has 35 heavy (non-hydrogen) atoms. The molecule has 0 saturated carbocycles. The van der Waals surface area contributed by atoms with Gasteiger partial charge in [-0.25, -0.2) is 27.8 Å². The van der Waals surface area contributed by atoms with Crippen molar-refractivity contribution in [1.82, 2.24) is 29.3 Å². The second-order valence-corrected chi connectivity index (χ2v) is 10.8. The highest BCUT2D eigenvalue weighted by molar-refractivity contribution is 7.92. The first kappa shape index (κ1) is 25.0. The minimum absolute atomic E-state index is 0.127. The third-order valence-electron chi connectivity index (χ3n) is 6.36. The van der Waals surface area contributed by atoms with Gasteiger partial charge in [-0.05, 0) is 44.7 Å². The van der Waals surface area contributed by atoms with E-state index < -0.39 is 21.0 Å². The quantitative estimate of drug-likeness (QED) is 0.496. The van der Waals surface area contributed by atoms with E-state index >= 15 is 0 Å². The number of hydrogen-bond donors (Lipinski definition) is 1. The molecule has 1 aromatic carbocycles. The topological polar surface area (TPSA) is 96.3 Å². The Hall–Kier alpha value is -3.15. The minimum Gasteiger partial charge on any atom is -0.330 e. The summed E-state index contributed by atoms with van der Waals surface area (Å²) in [5.74, 6) is 0.363. The van der Waals surface area contributed by atoms with E-state index in [-0.39, 0.29) is 16.5 Å². The summed E-state index contributed by atoms with van der Waals surface area (Å²) in [5, 5.41) is 2.26. The smallest absolute Gasteiger partial charge is 0.227 e. The molecule has 1 aliphatic rings. The number of aryl methyl sites for hydroxylation is 2. The lowest BCUT2D eigenvalue weighted by atomic mass is 10.2. The average molecular weight is 500 g/mol. The van der Waals surface area contributed by atoms with Gasteiger partial charge in [0.2, 0.25) is 5.95 Å². The zero-order valence-electron chi connectivity index (χ0n) is 20.4. The van der Waals surface area contributed by atoms with Gasteiger partial charge in [-0.1, -0.05) is 6.08 Å². The van der Waals surface area contributed by atoms with Gasteiger partial charge in [0, 0.05) is 38.9 Å². The molecule has 1 fully saturated rings. The van der Waals surface area contributed by atoms with E-state index in [1.807, 2.05) is 18.9 Å². The second kappa shape index (κ2) is 9.84. The molecular formula is C24H30FN7O2S. The highest BCUT2D eigenvalue weighted by atomic mass is 32.2. The number of rotatable bonds is 7. The zero-order chi connectivity index (χ0) is 25.3. The van der Waals surface area contributed by atoms with Crippen molar-refractivity contribution >= 4 is 21.5 Å². The van der Waals surface area contributed by atoms with E-state index in [1.54, 1.807) is 42.9 Å². The Kier molecular flexibility index (Phi) is 7.02. The molecule has 9 nitrogen and oxygen atoms in total. The number of likely N-dealkylation sites (N-methyl/N-ethyl adjacent to an activating group) is 1. The molecule has 1 unspecified atom stereocenters. The molecule has 2 aromatic heterocycles. The Morgan fingerprint density at radius 2 is 1.83 bits per heavy atom. The van der Waals surface area contributed by atoms with Crippen LogP contribution in [0.25, 0.3) is 11.4 Å². The summed E-state index contributed by atoms with van der Waals surface area (Å²) in [4.78, 5) is 16.9. The van der Waals surface area contributed by atoms with E-state index in [2.05, 4.69) is 31.7 Å². The highest BCUT2D eigenvalue weighted by Gasteiger charge is 2.33. The van der Waals surface area contributed by atoms with E-state index in [4.69, 9.17) is 0 Å². The average Bonchev–Trinajstić information content (AvgIpc) is 3.14. The first-order valence-electron chi connectivity index (χ1n) is 11.3. The molecule has 4 rings (SSSR count). The van der Waals surface area contributed by atoms with Crippen LogP contribution >= 0.6 is 0 Å². The Balaban J connectivity index is 1.58. The van der Waals surface area contributed by atoms with Crippen molar-refractivity contribution in [3.8, 4) is 11.4 Å². The molecule has 1 atom stereocenters. The maximum Gasteiger partial charge on any atom is 0.227 e. The molecule has 1 aliphatic heterocycles. The van der Waals surface area contributed by atoms with Crippen molar-refractivity contribution in [3.63, 3.8) is 0 Å². The largest absolute Gasteiger partial charge is 0.330 e. The molecule has 0 radical (unpaired) electrons. The number of sulfone groups is 1. The van der Waals surface area contributed by atoms with Gasteiger partial charge in [-0.15, -0.1) is 6.58 Å². The van der Waals surface area contributed by atoms with Gasteiger partial charge in [0.25, 0.3) is 0 Å². The van der Waals surface area contributed by atoms with Gasteiger partial charge in [0.1, 0.15) is 16.9 Å². The fourth-order valence-electron chi connectivity index (χ4n) is 4.18. The highest BCUT2D eigenvalue weighted by Crippen LogP contribution is 2.28. The summed E-state index contributed by atoms with van der Waals surface area (Å²) >= 11 is 0. The van der Waals surface area contributed by atoms with Crippen molar-refractivity contribution in [2.75, 3.05) is 38.5 Å². The Labute approximate surface area is 205 Å². The third kappa shape index (κ3) is 4.97. The van der Waals surface area contributed by atoms with Crippen LogP contribution in [0, 0.1) is 19.7 Å². The van der Waals surface area contributed by atoms with Gasteiger partial charge in [0.05, 0.1) is 23.0 Å². The fourth-order valence-corrected chi connectivity index (χ4v) is 6.07. The molecule has 1 saturated heterocycles. The molecule has 0 aliphatic carbocycles. The summed E-state index contributed by atoms with van der Waals surface area (Å²) in [6.07, 6.45) is 4.16. The molecule has 1 N–H and O–H groups in total. The lowest BCUT2D eigenvalue weighted by Crippen LogP contribution is -2.50. The van der Waals surface area contributed by atoms with Crippen molar-refractivity contribution in [3.05, 3.63) is 60.5 Å². The maximum absolute atomic E-state index is 14.4. The number of imidazole rings is 1. The molecular weight excluding hydrogens is 469 g/mol. The number of nitrogens with one attached hydrogen (secondary N) is 1. The fraction of sp³-hybridized carbons (Fsp3) is 0.375. The third-order valence-corrected chi connectivity index (χ3v) is 8.56. The van der Waals surface area contributed by atoms with Crippen LogP contribution in [0.2, 0.25) is 0 Å². The SMILES string of the molecule is C=CC(N1CCN(C)CC1)S(=O)(=O)c1ccc(Nc2ncc(F)c(-c3cnc(C)n3C)n2)cc1C. The predicted molar refractivity (Wildman–Crippen MR) is 134 cm³/mol. The number of piperazine rings is 1. The van der Waals surface area contributed by atoms with Crippen LogP contribution in [0.15, 0.2) is 48.1 Å².